The number of amides is 1. The Morgan fingerprint density at radius 2 is 1.78 bits per heavy atom. The Labute approximate surface area is 132 Å². The zero-order valence-corrected chi connectivity index (χ0v) is 12.9. The van der Waals surface area contributed by atoms with Gasteiger partial charge in [0.2, 0.25) is 5.91 Å². The van der Waals surface area contributed by atoms with Crippen LogP contribution in [0.25, 0.3) is 0 Å². The van der Waals surface area contributed by atoms with Crippen LogP contribution in [0.15, 0.2) is 30.3 Å². The molecule has 0 aromatic heterocycles. The van der Waals surface area contributed by atoms with Gasteiger partial charge in [0.15, 0.2) is 0 Å². The fraction of sp³-hybridized carbons (Fsp3) is 0.467. The van der Waals surface area contributed by atoms with Crippen molar-refractivity contribution in [2.75, 3.05) is 13.2 Å². The Hall–Kier alpha value is -2.09. The van der Waals surface area contributed by atoms with E-state index in [1.807, 2.05) is 0 Å². The van der Waals surface area contributed by atoms with E-state index in [0.717, 1.165) is 12.5 Å². The largest absolute Gasteiger partial charge is 0.463 e. The van der Waals surface area contributed by atoms with E-state index in [0.29, 0.717) is 0 Å². The number of halogens is 3. The van der Waals surface area contributed by atoms with Crippen molar-refractivity contribution in [1.82, 2.24) is 10.6 Å². The maximum atomic E-state index is 13.5. The summed E-state index contributed by atoms with van der Waals surface area (Å²) in [5.41, 5.74) is -2.47. The number of ether oxygens (including phenoxy) is 1. The highest BCUT2D eigenvalue weighted by molar-refractivity contribution is 5.87. The van der Waals surface area contributed by atoms with Gasteiger partial charge in [-0.15, -0.1) is 0 Å². The molecule has 1 aromatic carbocycles. The van der Waals surface area contributed by atoms with Gasteiger partial charge < -0.3 is 10.1 Å². The molecule has 0 saturated carbocycles. The smallest absolute Gasteiger partial charge is 0.436 e. The third-order valence-electron chi connectivity index (χ3n) is 3.02. The first kappa shape index (κ1) is 19.0. The number of hydrogen-bond acceptors (Lipinski definition) is 4. The summed E-state index contributed by atoms with van der Waals surface area (Å²) in [4.78, 5) is 23.1. The van der Waals surface area contributed by atoms with Crippen molar-refractivity contribution in [2.24, 2.45) is 0 Å². The summed E-state index contributed by atoms with van der Waals surface area (Å²) in [5, 5.41) is 3.76. The number of hydrogen-bond donors (Lipinski definition) is 2. The summed E-state index contributed by atoms with van der Waals surface area (Å²) in [6.07, 6.45) is -4.81. The average Bonchev–Trinajstić information content (AvgIpc) is 2.45. The molecular weight excluding hydrogens is 313 g/mol. The van der Waals surface area contributed by atoms with Crippen LogP contribution in [0, 0.1) is 0 Å². The molecule has 0 heterocycles. The van der Waals surface area contributed by atoms with Crippen molar-refractivity contribution in [3.63, 3.8) is 0 Å². The van der Waals surface area contributed by atoms with E-state index in [-0.39, 0.29) is 19.6 Å². The molecule has 1 aromatic rings. The lowest BCUT2D eigenvalue weighted by molar-refractivity contribution is -0.221. The fourth-order valence-corrected chi connectivity index (χ4v) is 2.00. The summed E-state index contributed by atoms with van der Waals surface area (Å²) in [6.45, 7) is 1.87. The van der Waals surface area contributed by atoms with Crippen molar-refractivity contribution < 1.29 is 27.5 Å². The van der Waals surface area contributed by atoms with Gasteiger partial charge in [-0.1, -0.05) is 30.3 Å². The fourth-order valence-electron chi connectivity index (χ4n) is 2.00. The monoisotopic (exact) mass is 332 g/mol. The van der Waals surface area contributed by atoms with Crippen LogP contribution in [0.5, 0.6) is 0 Å². The van der Waals surface area contributed by atoms with E-state index in [4.69, 9.17) is 0 Å². The van der Waals surface area contributed by atoms with Crippen molar-refractivity contribution in [2.45, 2.75) is 32.1 Å². The number of carbonyl (C=O) groups is 2. The Bertz CT molecular complexity index is 535. The Morgan fingerprint density at radius 3 is 2.26 bits per heavy atom. The van der Waals surface area contributed by atoms with Crippen molar-refractivity contribution >= 4 is 11.9 Å². The zero-order valence-electron chi connectivity index (χ0n) is 12.9. The van der Waals surface area contributed by atoms with Gasteiger partial charge >= 0.3 is 12.1 Å². The van der Waals surface area contributed by atoms with Crippen LogP contribution < -0.4 is 10.6 Å². The number of esters is 1. The Kier molecular flexibility index (Phi) is 6.56. The van der Waals surface area contributed by atoms with E-state index < -0.39 is 23.7 Å². The Morgan fingerprint density at radius 1 is 1.17 bits per heavy atom. The molecule has 0 fully saturated rings. The van der Waals surface area contributed by atoms with Gasteiger partial charge in [0.25, 0.3) is 5.66 Å². The van der Waals surface area contributed by atoms with E-state index in [2.05, 4.69) is 10.1 Å². The van der Waals surface area contributed by atoms with Gasteiger partial charge in [-0.05, 0) is 18.9 Å². The SMILES string of the molecule is CCOC(=O)[C@@](NCCc1ccccc1)(NC(C)=O)C(F)(F)F. The highest BCUT2D eigenvalue weighted by Crippen LogP contribution is 2.29. The quantitative estimate of drug-likeness (QED) is 0.590. The number of rotatable bonds is 7. The zero-order chi connectivity index (χ0) is 17.5. The molecule has 2 N–H and O–H groups in total. The van der Waals surface area contributed by atoms with Crippen LogP contribution in [0.3, 0.4) is 0 Å². The molecule has 5 nitrogen and oxygen atoms in total. The predicted octanol–water partition coefficient (Wildman–Crippen LogP) is 1.78. The first-order valence-corrected chi connectivity index (χ1v) is 7.04. The maximum absolute atomic E-state index is 13.5. The molecule has 1 rings (SSSR count). The van der Waals surface area contributed by atoms with Crippen LogP contribution in [-0.4, -0.2) is 36.9 Å². The van der Waals surface area contributed by atoms with Crippen LogP contribution in [0.1, 0.15) is 19.4 Å². The maximum Gasteiger partial charge on any atom is 0.436 e. The third-order valence-corrected chi connectivity index (χ3v) is 3.02. The molecule has 0 unspecified atom stereocenters. The topological polar surface area (TPSA) is 67.4 Å². The lowest BCUT2D eigenvalue weighted by Crippen LogP contribution is -2.72. The van der Waals surface area contributed by atoms with Gasteiger partial charge in [-0.25, -0.2) is 4.79 Å². The number of benzene rings is 1. The molecule has 0 radical (unpaired) electrons. The average molecular weight is 332 g/mol. The second kappa shape index (κ2) is 7.96. The van der Waals surface area contributed by atoms with Gasteiger partial charge in [0.05, 0.1) is 6.61 Å². The molecule has 0 aliphatic carbocycles. The summed E-state index contributed by atoms with van der Waals surface area (Å²) in [5.74, 6) is -2.58. The molecule has 128 valence electrons. The lowest BCUT2D eigenvalue weighted by Gasteiger charge is -2.34. The minimum Gasteiger partial charge on any atom is -0.463 e. The molecule has 0 aliphatic rings. The summed E-state index contributed by atoms with van der Waals surface area (Å²) >= 11 is 0. The molecule has 23 heavy (non-hydrogen) atoms. The van der Waals surface area contributed by atoms with Gasteiger partial charge in [0.1, 0.15) is 0 Å². The lowest BCUT2D eigenvalue weighted by atomic mass is 10.1. The molecule has 0 aliphatic heterocycles. The first-order valence-electron chi connectivity index (χ1n) is 7.04. The highest BCUT2D eigenvalue weighted by atomic mass is 19.4. The minimum atomic E-state index is -5.05. The van der Waals surface area contributed by atoms with Crippen LogP contribution in [0.4, 0.5) is 13.2 Å². The normalized spacial score (nSPS) is 14.0. The van der Waals surface area contributed by atoms with Crippen molar-refractivity contribution in [3.05, 3.63) is 35.9 Å². The van der Waals surface area contributed by atoms with Gasteiger partial charge in [0, 0.05) is 13.5 Å². The molecule has 0 spiro atoms. The summed E-state index contributed by atoms with van der Waals surface area (Å²) in [6, 6.07) is 8.79. The molecule has 0 saturated heterocycles. The molecule has 1 atom stereocenters. The molecular formula is C15H19F3N2O3. The van der Waals surface area contributed by atoms with Crippen LogP contribution in [0.2, 0.25) is 0 Å². The van der Waals surface area contributed by atoms with E-state index >= 15 is 0 Å². The second-order valence-electron chi connectivity index (χ2n) is 4.81. The molecule has 1 amide bonds. The minimum absolute atomic E-state index is 0.178. The number of carbonyl (C=O) groups excluding carboxylic acids is 2. The second-order valence-corrected chi connectivity index (χ2v) is 4.81. The van der Waals surface area contributed by atoms with E-state index in [9.17, 15) is 22.8 Å². The van der Waals surface area contributed by atoms with Crippen LogP contribution in [-0.2, 0) is 20.7 Å². The van der Waals surface area contributed by atoms with Gasteiger partial charge in [-0.3, -0.25) is 10.1 Å². The van der Waals surface area contributed by atoms with E-state index in [1.54, 1.807) is 35.6 Å². The van der Waals surface area contributed by atoms with Crippen LogP contribution >= 0.6 is 0 Å². The summed E-state index contributed by atoms with van der Waals surface area (Å²) < 4.78 is 44.9. The predicted molar refractivity (Wildman–Crippen MR) is 77.4 cm³/mol. The number of nitrogens with one attached hydrogen (secondary N) is 2. The Balaban J connectivity index is 2.96. The van der Waals surface area contributed by atoms with E-state index in [1.165, 1.54) is 6.92 Å². The highest BCUT2D eigenvalue weighted by Gasteiger charge is 2.62. The van der Waals surface area contributed by atoms with Crippen molar-refractivity contribution in [1.29, 1.82) is 0 Å². The first-order chi connectivity index (χ1) is 10.7. The summed E-state index contributed by atoms with van der Waals surface area (Å²) in [7, 11) is 0. The standard InChI is InChI=1S/C15H19F3N2O3/c1-3-23-13(22)14(15(16,17)18,20-11(2)21)19-10-9-12-7-5-4-6-8-12/h4-8,19H,3,9-10H2,1-2H3,(H,20,21)/t14-/m1/s1. The number of alkyl halides is 3. The third kappa shape index (κ3) is 4.95. The van der Waals surface area contributed by atoms with Crippen molar-refractivity contribution in [3.8, 4) is 0 Å². The molecule has 8 heteroatoms. The van der Waals surface area contributed by atoms with Gasteiger partial charge in [-0.2, -0.15) is 13.2 Å². The molecule has 0 bridgehead atoms.